The number of amides is 2. The number of rotatable bonds is 5. The normalized spacial score (nSPS) is 16.5. The molecule has 1 aromatic carbocycles. The molecule has 1 fully saturated rings. The lowest BCUT2D eigenvalue weighted by atomic mass is 10.0. The van der Waals surface area contributed by atoms with Crippen molar-refractivity contribution in [1.29, 1.82) is 0 Å². The van der Waals surface area contributed by atoms with Gasteiger partial charge in [-0.05, 0) is 43.4 Å². The average molecular weight is 304 g/mol. The summed E-state index contributed by atoms with van der Waals surface area (Å²) in [6, 6.07) is 7.34. The van der Waals surface area contributed by atoms with Crippen LogP contribution in [0.4, 0.5) is 5.69 Å². The van der Waals surface area contributed by atoms with Crippen molar-refractivity contribution < 1.29 is 14.7 Å². The second kappa shape index (κ2) is 6.92. The van der Waals surface area contributed by atoms with Gasteiger partial charge in [-0.3, -0.25) is 9.59 Å². The Labute approximate surface area is 131 Å². The van der Waals surface area contributed by atoms with Gasteiger partial charge >= 0.3 is 0 Å². The van der Waals surface area contributed by atoms with Crippen LogP contribution in [0, 0.1) is 5.92 Å². The van der Waals surface area contributed by atoms with E-state index in [1.54, 1.807) is 0 Å². The third-order valence-corrected chi connectivity index (χ3v) is 4.05. The SMILES string of the molecule is CC(C)C(=O)Nc1ccc(CNC(=O)C2(O)CCCC2)cc1. The summed E-state index contributed by atoms with van der Waals surface area (Å²) in [6.45, 7) is 4.06. The minimum Gasteiger partial charge on any atom is -0.380 e. The van der Waals surface area contributed by atoms with Crippen molar-refractivity contribution >= 4 is 17.5 Å². The first-order valence-electron chi connectivity index (χ1n) is 7.81. The minimum atomic E-state index is -1.19. The van der Waals surface area contributed by atoms with E-state index in [1.807, 2.05) is 38.1 Å². The van der Waals surface area contributed by atoms with Gasteiger partial charge in [-0.15, -0.1) is 0 Å². The van der Waals surface area contributed by atoms with Gasteiger partial charge < -0.3 is 15.7 Å². The molecule has 3 N–H and O–H groups in total. The van der Waals surface area contributed by atoms with Crippen molar-refractivity contribution in [2.45, 2.75) is 51.7 Å². The monoisotopic (exact) mass is 304 g/mol. The van der Waals surface area contributed by atoms with Crippen LogP contribution in [0.2, 0.25) is 0 Å². The maximum atomic E-state index is 12.0. The fourth-order valence-electron chi connectivity index (χ4n) is 2.53. The number of carbonyl (C=O) groups excluding carboxylic acids is 2. The Kier molecular flexibility index (Phi) is 5.19. The molecule has 2 amide bonds. The highest BCUT2D eigenvalue weighted by Gasteiger charge is 2.38. The van der Waals surface area contributed by atoms with E-state index in [2.05, 4.69) is 10.6 Å². The van der Waals surface area contributed by atoms with Gasteiger partial charge in [0.25, 0.3) is 5.91 Å². The van der Waals surface area contributed by atoms with E-state index in [0.29, 0.717) is 19.4 Å². The maximum absolute atomic E-state index is 12.0. The summed E-state index contributed by atoms with van der Waals surface area (Å²) in [5, 5.41) is 15.8. The van der Waals surface area contributed by atoms with Crippen molar-refractivity contribution in [3.63, 3.8) is 0 Å². The lowest BCUT2D eigenvalue weighted by Crippen LogP contribution is -2.44. The molecular weight excluding hydrogens is 280 g/mol. The van der Waals surface area contributed by atoms with E-state index in [9.17, 15) is 14.7 Å². The van der Waals surface area contributed by atoms with Crippen LogP contribution in [0.25, 0.3) is 0 Å². The fraction of sp³-hybridized carbons (Fsp3) is 0.529. The summed E-state index contributed by atoms with van der Waals surface area (Å²) in [6.07, 6.45) is 2.88. The molecule has 0 aromatic heterocycles. The molecular formula is C17H24N2O3. The Bertz CT molecular complexity index is 531. The maximum Gasteiger partial charge on any atom is 0.252 e. The third-order valence-electron chi connectivity index (χ3n) is 4.05. The standard InChI is InChI=1S/C17H24N2O3/c1-12(2)15(20)19-14-7-5-13(6-8-14)11-18-16(21)17(22)9-3-4-10-17/h5-8,12,22H,3-4,9-11H2,1-2H3,(H,18,21)(H,19,20). The Morgan fingerprint density at radius 1 is 1.18 bits per heavy atom. The lowest BCUT2D eigenvalue weighted by Gasteiger charge is -2.21. The zero-order valence-corrected chi connectivity index (χ0v) is 13.2. The minimum absolute atomic E-state index is 0.0236. The molecule has 1 aliphatic rings. The quantitative estimate of drug-likeness (QED) is 0.780. The van der Waals surface area contributed by atoms with Gasteiger partial charge in [0.05, 0.1) is 0 Å². The molecule has 0 spiro atoms. The van der Waals surface area contributed by atoms with Gasteiger partial charge in [-0.25, -0.2) is 0 Å². The second-order valence-electron chi connectivity index (χ2n) is 6.26. The first kappa shape index (κ1) is 16.5. The molecule has 0 radical (unpaired) electrons. The van der Waals surface area contributed by atoms with E-state index in [-0.39, 0.29) is 17.7 Å². The molecule has 0 atom stereocenters. The van der Waals surface area contributed by atoms with Gasteiger partial charge in [0, 0.05) is 18.2 Å². The molecule has 0 heterocycles. The second-order valence-corrected chi connectivity index (χ2v) is 6.26. The number of carbonyl (C=O) groups is 2. The lowest BCUT2D eigenvalue weighted by molar-refractivity contribution is -0.139. The predicted octanol–water partition coefficient (Wildman–Crippen LogP) is 2.20. The van der Waals surface area contributed by atoms with Crippen molar-refractivity contribution in [2.75, 3.05) is 5.32 Å². The van der Waals surface area contributed by atoms with Crippen LogP contribution in [0.1, 0.15) is 45.1 Å². The number of nitrogens with one attached hydrogen (secondary N) is 2. The van der Waals surface area contributed by atoms with Crippen molar-refractivity contribution in [2.24, 2.45) is 5.92 Å². The van der Waals surface area contributed by atoms with Gasteiger partial charge in [-0.1, -0.05) is 26.0 Å². The topological polar surface area (TPSA) is 78.4 Å². The predicted molar refractivity (Wildman–Crippen MR) is 85.2 cm³/mol. The summed E-state index contributed by atoms with van der Waals surface area (Å²) in [5.74, 6) is -0.377. The van der Waals surface area contributed by atoms with Crippen molar-refractivity contribution in [1.82, 2.24) is 5.32 Å². The van der Waals surface area contributed by atoms with Crippen molar-refractivity contribution in [3.8, 4) is 0 Å². The molecule has 1 saturated carbocycles. The third kappa shape index (κ3) is 4.07. The van der Waals surface area contributed by atoms with Crippen LogP contribution in [-0.2, 0) is 16.1 Å². The number of hydrogen-bond acceptors (Lipinski definition) is 3. The van der Waals surface area contributed by atoms with E-state index in [0.717, 1.165) is 24.1 Å². The van der Waals surface area contributed by atoms with E-state index in [1.165, 1.54) is 0 Å². The summed E-state index contributed by atoms with van der Waals surface area (Å²) in [5.41, 5.74) is 0.478. The zero-order chi connectivity index (χ0) is 16.2. The Morgan fingerprint density at radius 2 is 1.77 bits per heavy atom. The highest BCUT2D eigenvalue weighted by Crippen LogP contribution is 2.29. The van der Waals surface area contributed by atoms with Crippen LogP contribution >= 0.6 is 0 Å². The van der Waals surface area contributed by atoms with Crippen LogP contribution in [0.15, 0.2) is 24.3 Å². The van der Waals surface area contributed by atoms with Crippen LogP contribution in [0.5, 0.6) is 0 Å². The molecule has 22 heavy (non-hydrogen) atoms. The van der Waals surface area contributed by atoms with Gasteiger partial charge in [0.2, 0.25) is 5.91 Å². The highest BCUT2D eigenvalue weighted by atomic mass is 16.3. The Morgan fingerprint density at radius 3 is 2.32 bits per heavy atom. The van der Waals surface area contributed by atoms with Gasteiger partial charge in [-0.2, -0.15) is 0 Å². The number of hydrogen-bond donors (Lipinski definition) is 3. The first-order valence-corrected chi connectivity index (χ1v) is 7.81. The van der Waals surface area contributed by atoms with Crippen molar-refractivity contribution in [3.05, 3.63) is 29.8 Å². The molecule has 0 unspecified atom stereocenters. The summed E-state index contributed by atoms with van der Waals surface area (Å²) >= 11 is 0. The van der Waals surface area contributed by atoms with Crippen LogP contribution < -0.4 is 10.6 Å². The van der Waals surface area contributed by atoms with E-state index in [4.69, 9.17) is 0 Å². The van der Waals surface area contributed by atoms with Crippen LogP contribution in [0.3, 0.4) is 0 Å². The van der Waals surface area contributed by atoms with Gasteiger partial charge in [0.1, 0.15) is 5.60 Å². The molecule has 0 bridgehead atoms. The zero-order valence-electron chi connectivity index (χ0n) is 13.2. The van der Waals surface area contributed by atoms with E-state index >= 15 is 0 Å². The molecule has 1 aliphatic carbocycles. The molecule has 0 saturated heterocycles. The molecule has 5 nitrogen and oxygen atoms in total. The van der Waals surface area contributed by atoms with Crippen LogP contribution in [-0.4, -0.2) is 22.5 Å². The smallest absolute Gasteiger partial charge is 0.252 e. The fourth-order valence-corrected chi connectivity index (χ4v) is 2.53. The van der Waals surface area contributed by atoms with Gasteiger partial charge in [0.15, 0.2) is 0 Å². The number of benzene rings is 1. The van der Waals surface area contributed by atoms with E-state index < -0.39 is 5.60 Å². The number of anilines is 1. The molecule has 5 heteroatoms. The average Bonchev–Trinajstić information content (AvgIpc) is 2.94. The summed E-state index contributed by atoms with van der Waals surface area (Å²) in [4.78, 5) is 23.6. The molecule has 1 aromatic rings. The first-order chi connectivity index (χ1) is 10.4. The highest BCUT2D eigenvalue weighted by molar-refractivity contribution is 5.92. The molecule has 2 rings (SSSR count). The largest absolute Gasteiger partial charge is 0.380 e. The summed E-state index contributed by atoms with van der Waals surface area (Å²) in [7, 11) is 0. The Hall–Kier alpha value is -1.88. The summed E-state index contributed by atoms with van der Waals surface area (Å²) < 4.78 is 0. The number of aliphatic hydroxyl groups is 1. The molecule has 0 aliphatic heterocycles. The Balaban J connectivity index is 1.86. The molecule has 120 valence electrons.